The Hall–Kier alpha value is -0.101. The van der Waals surface area contributed by atoms with E-state index in [-0.39, 0.29) is 42.4 Å². The molecule has 5 nitrogen and oxygen atoms in total. The SMILES string of the molecule is CCN(CC)CC.[CH-]1CCCCC1.[CH-]1CCCCC1.[CH-]1CCCCC1.[Cl-].[N-]=C=NC(=O)NC1CCCCC1.[Sn+4]. The van der Waals surface area contributed by atoms with Gasteiger partial charge in [0, 0.05) is 6.04 Å². The normalized spacial score (nSPS) is 18.5. The number of hydrogen-bond donors (Lipinski definition) is 1. The maximum atomic E-state index is 10.8. The van der Waals surface area contributed by atoms with Crippen LogP contribution < -0.4 is 17.7 Å². The summed E-state index contributed by atoms with van der Waals surface area (Å²) in [7, 11) is 0. The minimum absolute atomic E-state index is 0. The van der Waals surface area contributed by atoms with Gasteiger partial charge in [0.2, 0.25) is 6.03 Å². The number of rotatable bonds is 4. The number of hydrogen-bond acceptors (Lipinski definition) is 2. The first kappa shape index (κ1) is 43.4. The number of halogens is 1. The second kappa shape index (κ2) is 35.9. The first-order valence-corrected chi connectivity index (χ1v) is 15.7. The van der Waals surface area contributed by atoms with Gasteiger partial charge in [-0.05, 0) is 32.5 Å². The molecule has 0 saturated heterocycles. The van der Waals surface area contributed by atoms with Gasteiger partial charge in [-0.15, -0.1) is 6.01 Å². The van der Waals surface area contributed by atoms with Crippen LogP contribution in [0.3, 0.4) is 0 Å². The Labute approximate surface area is 266 Å². The number of nitrogens with one attached hydrogen (secondary N) is 1. The zero-order chi connectivity index (χ0) is 27.2. The van der Waals surface area contributed by atoms with Crippen molar-refractivity contribution in [3.63, 3.8) is 0 Å². The van der Waals surface area contributed by atoms with Crippen LogP contribution in [0.5, 0.6) is 0 Å². The summed E-state index contributed by atoms with van der Waals surface area (Å²) in [5, 5.41) is 10.8. The summed E-state index contributed by atoms with van der Waals surface area (Å²) in [6.45, 7) is 10.1. The number of aliphatic imine (C=N–C) groups is 1. The van der Waals surface area contributed by atoms with Crippen LogP contribution in [0.25, 0.3) is 5.41 Å². The molecule has 4 aliphatic rings. The fraction of sp³-hybridized carbons (Fsp3) is 0.844. The van der Waals surface area contributed by atoms with Crippen molar-refractivity contribution in [2.45, 2.75) is 155 Å². The molecule has 226 valence electrons. The molecule has 0 aromatic heterocycles. The van der Waals surface area contributed by atoms with E-state index in [2.05, 4.69) is 55.2 Å². The van der Waals surface area contributed by atoms with E-state index in [4.69, 9.17) is 5.41 Å². The number of urea groups is 1. The van der Waals surface area contributed by atoms with Crippen LogP contribution in [0.15, 0.2) is 4.99 Å². The largest absolute Gasteiger partial charge is 4.00 e. The second-order valence-corrected chi connectivity index (χ2v) is 10.4. The zero-order valence-electron chi connectivity index (χ0n) is 25.7. The van der Waals surface area contributed by atoms with Crippen molar-refractivity contribution in [1.82, 2.24) is 10.2 Å². The van der Waals surface area contributed by atoms with Gasteiger partial charge in [-0.25, -0.2) is 0 Å². The maximum absolute atomic E-state index is 10.8. The van der Waals surface area contributed by atoms with Crippen molar-refractivity contribution >= 4 is 35.9 Å². The minimum atomic E-state index is -0.496. The van der Waals surface area contributed by atoms with Gasteiger partial charge in [-0.1, -0.05) is 97.8 Å². The third kappa shape index (κ3) is 32.3. The van der Waals surface area contributed by atoms with Crippen molar-refractivity contribution in [2.75, 3.05) is 19.6 Å². The molecule has 0 unspecified atom stereocenters. The van der Waals surface area contributed by atoms with Crippen molar-refractivity contribution in [3.05, 3.63) is 24.7 Å². The van der Waals surface area contributed by atoms with Gasteiger partial charge in [0.25, 0.3) is 0 Å². The summed E-state index contributed by atoms with van der Waals surface area (Å²) in [6.07, 6.45) is 34.1. The van der Waals surface area contributed by atoms with Crippen LogP contribution >= 0.6 is 0 Å². The second-order valence-electron chi connectivity index (χ2n) is 10.4. The van der Waals surface area contributed by atoms with E-state index in [9.17, 15) is 4.79 Å². The quantitative estimate of drug-likeness (QED) is 0.220. The summed E-state index contributed by atoms with van der Waals surface area (Å²) in [5.74, 6) is 0. The first-order chi connectivity index (χ1) is 18.2. The average molecular weight is 671 g/mol. The van der Waals surface area contributed by atoms with Crippen molar-refractivity contribution in [2.24, 2.45) is 4.99 Å². The van der Waals surface area contributed by atoms with Crippen LogP contribution in [0.4, 0.5) is 4.79 Å². The number of amides is 2. The molecular weight excluding hydrogens is 611 g/mol. The van der Waals surface area contributed by atoms with Gasteiger partial charge in [0.1, 0.15) is 0 Å². The molecular formula is C32H60ClN4OSn-. The van der Waals surface area contributed by atoms with E-state index < -0.39 is 6.03 Å². The van der Waals surface area contributed by atoms with E-state index in [1.54, 1.807) is 0 Å². The molecule has 0 spiro atoms. The Kier molecular flexibility index (Phi) is 39.9. The summed E-state index contributed by atoms with van der Waals surface area (Å²) in [6, 6.07) is 1.21. The van der Waals surface area contributed by atoms with Crippen molar-refractivity contribution in [1.29, 1.82) is 0 Å². The minimum Gasteiger partial charge on any atom is -1.00 e. The summed E-state index contributed by atoms with van der Waals surface area (Å²) >= 11 is 0. The molecule has 39 heavy (non-hydrogen) atoms. The predicted octanol–water partition coefficient (Wildman–Crippen LogP) is 6.21. The van der Waals surface area contributed by atoms with E-state index in [0.29, 0.717) is 0 Å². The van der Waals surface area contributed by atoms with E-state index >= 15 is 0 Å². The van der Waals surface area contributed by atoms with Crippen LogP contribution in [0, 0.1) is 19.3 Å². The van der Waals surface area contributed by atoms with Crippen LogP contribution in [-0.4, -0.2) is 66.5 Å². The average Bonchev–Trinajstić information content (AvgIpc) is 2.99. The number of nitrogens with zero attached hydrogens (tertiary/aromatic N) is 3. The molecule has 0 radical (unpaired) electrons. The molecule has 4 fully saturated rings. The molecule has 1 N–H and O–H groups in total. The summed E-state index contributed by atoms with van der Waals surface area (Å²) in [4.78, 5) is 16.3. The molecule has 0 aromatic carbocycles. The fourth-order valence-corrected chi connectivity index (χ4v) is 4.87. The Morgan fingerprint density at radius 3 is 1.26 bits per heavy atom. The predicted molar refractivity (Wildman–Crippen MR) is 168 cm³/mol. The Balaban J connectivity index is -0.000000424. The van der Waals surface area contributed by atoms with Gasteiger partial charge in [0.15, 0.2) is 0 Å². The Bertz CT molecular complexity index is 456. The molecule has 0 atom stereocenters. The van der Waals surface area contributed by atoms with Gasteiger partial charge >= 0.3 is 23.9 Å². The van der Waals surface area contributed by atoms with Gasteiger partial charge in [0.05, 0.1) is 0 Å². The van der Waals surface area contributed by atoms with Gasteiger partial charge in [-0.3, -0.25) is 4.79 Å². The first-order valence-electron chi connectivity index (χ1n) is 15.7. The van der Waals surface area contributed by atoms with E-state index in [1.165, 1.54) is 128 Å². The maximum Gasteiger partial charge on any atom is 4.00 e. The Morgan fingerprint density at radius 1 is 0.718 bits per heavy atom. The molecule has 4 aliphatic carbocycles. The Morgan fingerprint density at radius 2 is 1.05 bits per heavy atom. The van der Waals surface area contributed by atoms with Crippen LogP contribution in [-0.2, 0) is 0 Å². The third-order valence-corrected chi connectivity index (χ3v) is 7.38. The third-order valence-electron chi connectivity index (χ3n) is 7.38. The molecule has 2 amide bonds. The molecule has 4 saturated carbocycles. The number of carbonyl (C=O) groups is 1. The fourth-order valence-electron chi connectivity index (χ4n) is 4.87. The number of carbonyl (C=O) groups excluding carboxylic acids is 1. The summed E-state index contributed by atoms with van der Waals surface area (Å²) in [5.41, 5.74) is 0. The van der Waals surface area contributed by atoms with Gasteiger partial charge < -0.3 is 52.3 Å². The molecule has 0 aromatic rings. The summed E-state index contributed by atoms with van der Waals surface area (Å²) < 4.78 is 0. The standard InChI is InChI=1S/C8H12N3O.C6H15N.3C6H11.ClH.Sn/c9-6-10-8(12)11-7-4-2-1-3-5-7;1-4-7(5-2)6-3;3*1-2-4-6-5-3-1;;/h7H,1-5H2,(H,11,12);4-6H2,1-3H3;3*1H,2-6H2;1H;/q-1;;3*-1;;+4/p-1. The molecule has 0 heterocycles. The smallest absolute Gasteiger partial charge is 1.00 e. The van der Waals surface area contributed by atoms with Gasteiger partial charge in [-0.2, -0.15) is 38.5 Å². The van der Waals surface area contributed by atoms with Crippen LogP contribution in [0.1, 0.15) is 149 Å². The molecule has 4 rings (SSSR count). The van der Waals surface area contributed by atoms with Crippen molar-refractivity contribution < 1.29 is 17.2 Å². The van der Waals surface area contributed by atoms with Crippen LogP contribution in [0.2, 0.25) is 0 Å². The van der Waals surface area contributed by atoms with E-state index in [0.717, 1.165) is 25.7 Å². The molecule has 7 heteroatoms. The monoisotopic (exact) mass is 671 g/mol. The van der Waals surface area contributed by atoms with E-state index in [1.807, 2.05) is 0 Å². The van der Waals surface area contributed by atoms with Crippen molar-refractivity contribution in [3.8, 4) is 0 Å². The molecule has 0 bridgehead atoms. The topological polar surface area (TPSA) is 67.0 Å². The zero-order valence-corrected chi connectivity index (χ0v) is 29.3. The molecule has 0 aliphatic heterocycles.